The van der Waals surface area contributed by atoms with E-state index in [1.54, 1.807) is 37.3 Å². The third kappa shape index (κ3) is 5.56. The second kappa shape index (κ2) is 9.53. The van der Waals surface area contributed by atoms with Crippen molar-refractivity contribution in [2.45, 2.75) is 25.6 Å². The highest BCUT2D eigenvalue weighted by Crippen LogP contribution is 2.17. The Kier molecular flexibility index (Phi) is 7.11. The Morgan fingerprint density at radius 1 is 1.12 bits per heavy atom. The van der Waals surface area contributed by atoms with Crippen LogP contribution in [0.25, 0.3) is 0 Å². The van der Waals surface area contributed by atoms with Gasteiger partial charge in [-0.3, -0.25) is 0 Å². The van der Waals surface area contributed by atoms with Crippen molar-refractivity contribution >= 4 is 12.0 Å². The fourth-order valence-corrected chi connectivity index (χ4v) is 2.32. The van der Waals surface area contributed by atoms with Gasteiger partial charge in [0.1, 0.15) is 11.9 Å². The number of esters is 1. The number of aliphatic hydroxyl groups excluding tert-OH is 1. The van der Waals surface area contributed by atoms with Crippen LogP contribution in [0.3, 0.4) is 0 Å². The van der Waals surface area contributed by atoms with Gasteiger partial charge >= 0.3 is 12.0 Å². The zero-order valence-electron chi connectivity index (χ0n) is 14.3. The first-order valence-electron chi connectivity index (χ1n) is 8.19. The predicted molar refractivity (Wildman–Crippen MR) is 93.6 cm³/mol. The van der Waals surface area contributed by atoms with Crippen LogP contribution in [-0.4, -0.2) is 29.8 Å². The molecule has 0 fully saturated rings. The van der Waals surface area contributed by atoms with Crippen LogP contribution in [0, 0.1) is 5.82 Å². The van der Waals surface area contributed by atoms with Crippen molar-refractivity contribution in [3.8, 4) is 0 Å². The van der Waals surface area contributed by atoms with Gasteiger partial charge in [0.05, 0.1) is 6.61 Å². The average Bonchev–Trinajstić information content (AvgIpc) is 2.66. The molecular formula is C19H21FN2O4. The van der Waals surface area contributed by atoms with Crippen molar-refractivity contribution in [3.63, 3.8) is 0 Å². The molecule has 0 saturated carbocycles. The monoisotopic (exact) mass is 360 g/mol. The van der Waals surface area contributed by atoms with Crippen LogP contribution in [-0.2, 0) is 16.1 Å². The molecule has 0 aromatic heterocycles. The Hall–Kier alpha value is -2.93. The first kappa shape index (κ1) is 19.4. The first-order chi connectivity index (χ1) is 12.5. The molecule has 7 heteroatoms. The number of halogens is 1. The van der Waals surface area contributed by atoms with E-state index in [1.807, 2.05) is 0 Å². The SMILES string of the molecule is CCOC(=O)C(NC(=O)NCc1ccc(F)cc1)C(O)c1ccccc1. The Morgan fingerprint density at radius 3 is 2.38 bits per heavy atom. The normalized spacial score (nSPS) is 12.7. The van der Waals surface area contributed by atoms with E-state index < -0.39 is 24.1 Å². The molecule has 2 rings (SSSR count). The average molecular weight is 360 g/mol. The van der Waals surface area contributed by atoms with E-state index in [0.29, 0.717) is 11.1 Å². The lowest BCUT2D eigenvalue weighted by molar-refractivity contribution is -0.148. The molecule has 0 aliphatic heterocycles. The number of carbonyl (C=O) groups is 2. The van der Waals surface area contributed by atoms with Gasteiger partial charge in [0, 0.05) is 6.54 Å². The van der Waals surface area contributed by atoms with Crippen molar-refractivity contribution in [1.82, 2.24) is 10.6 Å². The minimum Gasteiger partial charge on any atom is -0.464 e. The molecule has 3 N–H and O–H groups in total. The molecule has 2 unspecified atom stereocenters. The molecule has 26 heavy (non-hydrogen) atoms. The molecule has 0 aliphatic rings. The summed E-state index contributed by atoms with van der Waals surface area (Å²) in [5.74, 6) is -1.10. The highest BCUT2D eigenvalue weighted by Gasteiger charge is 2.30. The summed E-state index contributed by atoms with van der Waals surface area (Å²) < 4.78 is 17.8. The summed E-state index contributed by atoms with van der Waals surface area (Å²) in [6.07, 6.45) is -1.26. The van der Waals surface area contributed by atoms with E-state index in [2.05, 4.69) is 10.6 Å². The predicted octanol–water partition coefficient (Wildman–Crippen LogP) is 2.29. The summed E-state index contributed by atoms with van der Waals surface area (Å²) in [7, 11) is 0. The molecule has 0 radical (unpaired) electrons. The number of rotatable bonds is 7. The number of nitrogens with one attached hydrogen (secondary N) is 2. The molecule has 0 bridgehead atoms. The van der Waals surface area contributed by atoms with E-state index in [1.165, 1.54) is 24.3 Å². The molecule has 6 nitrogen and oxygen atoms in total. The lowest BCUT2D eigenvalue weighted by atomic mass is 10.0. The van der Waals surface area contributed by atoms with Gasteiger partial charge in [-0.1, -0.05) is 42.5 Å². The van der Waals surface area contributed by atoms with Crippen LogP contribution in [0.2, 0.25) is 0 Å². The largest absolute Gasteiger partial charge is 0.464 e. The van der Waals surface area contributed by atoms with Crippen LogP contribution in [0.1, 0.15) is 24.2 Å². The molecular weight excluding hydrogens is 339 g/mol. The van der Waals surface area contributed by atoms with Gasteiger partial charge in [0.2, 0.25) is 0 Å². The molecule has 138 valence electrons. The van der Waals surface area contributed by atoms with Crippen LogP contribution >= 0.6 is 0 Å². The Bertz CT molecular complexity index is 722. The number of urea groups is 1. The van der Waals surface area contributed by atoms with E-state index in [9.17, 15) is 19.1 Å². The fourth-order valence-electron chi connectivity index (χ4n) is 2.32. The number of aliphatic hydroxyl groups is 1. The number of ether oxygens (including phenoxy) is 1. The number of hydrogen-bond donors (Lipinski definition) is 3. The van der Waals surface area contributed by atoms with Gasteiger partial charge in [0.25, 0.3) is 0 Å². The molecule has 2 atom stereocenters. The van der Waals surface area contributed by atoms with Crippen LogP contribution in [0.4, 0.5) is 9.18 Å². The summed E-state index contributed by atoms with van der Waals surface area (Å²) >= 11 is 0. The summed E-state index contributed by atoms with van der Waals surface area (Å²) in [6, 6.07) is 12.3. The Balaban J connectivity index is 2.02. The molecule has 0 heterocycles. The Morgan fingerprint density at radius 2 is 1.77 bits per heavy atom. The Labute approximate surface area is 151 Å². The van der Waals surface area contributed by atoms with E-state index >= 15 is 0 Å². The fraction of sp³-hybridized carbons (Fsp3) is 0.263. The molecule has 0 spiro atoms. The molecule has 2 aromatic rings. The van der Waals surface area contributed by atoms with E-state index in [0.717, 1.165) is 0 Å². The third-order valence-electron chi connectivity index (χ3n) is 3.65. The van der Waals surface area contributed by atoms with Gasteiger partial charge < -0.3 is 20.5 Å². The number of hydrogen-bond acceptors (Lipinski definition) is 4. The lowest BCUT2D eigenvalue weighted by Gasteiger charge is -2.23. The van der Waals surface area contributed by atoms with Crippen molar-refractivity contribution in [2.75, 3.05) is 6.61 Å². The number of amides is 2. The maximum Gasteiger partial charge on any atom is 0.331 e. The highest BCUT2D eigenvalue weighted by atomic mass is 19.1. The van der Waals surface area contributed by atoms with Gasteiger partial charge in [-0.05, 0) is 30.2 Å². The summed E-state index contributed by atoms with van der Waals surface area (Å²) in [5, 5.41) is 15.5. The smallest absolute Gasteiger partial charge is 0.331 e. The number of carbonyl (C=O) groups excluding carboxylic acids is 2. The van der Waals surface area contributed by atoms with Crippen LogP contribution < -0.4 is 10.6 Å². The quantitative estimate of drug-likeness (QED) is 0.661. The van der Waals surface area contributed by atoms with E-state index in [-0.39, 0.29) is 19.0 Å². The molecule has 2 aromatic carbocycles. The van der Waals surface area contributed by atoms with Gasteiger partial charge in [0.15, 0.2) is 6.04 Å². The van der Waals surface area contributed by atoms with E-state index in [4.69, 9.17) is 4.74 Å². The summed E-state index contributed by atoms with van der Waals surface area (Å²) in [6.45, 7) is 1.90. The summed E-state index contributed by atoms with van der Waals surface area (Å²) in [5.41, 5.74) is 1.17. The van der Waals surface area contributed by atoms with Crippen LogP contribution in [0.15, 0.2) is 54.6 Å². The van der Waals surface area contributed by atoms with Crippen molar-refractivity contribution in [1.29, 1.82) is 0 Å². The van der Waals surface area contributed by atoms with Gasteiger partial charge in [-0.2, -0.15) is 0 Å². The number of benzene rings is 2. The first-order valence-corrected chi connectivity index (χ1v) is 8.19. The van der Waals surface area contributed by atoms with Crippen molar-refractivity contribution in [2.24, 2.45) is 0 Å². The highest BCUT2D eigenvalue weighted by molar-refractivity contribution is 5.84. The van der Waals surface area contributed by atoms with Gasteiger partial charge in [-0.15, -0.1) is 0 Å². The zero-order chi connectivity index (χ0) is 18.9. The zero-order valence-corrected chi connectivity index (χ0v) is 14.3. The topological polar surface area (TPSA) is 87.7 Å². The molecule has 0 saturated heterocycles. The van der Waals surface area contributed by atoms with Crippen LogP contribution in [0.5, 0.6) is 0 Å². The lowest BCUT2D eigenvalue weighted by Crippen LogP contribution is -2.49. The third-order valence-corrected chi connectivity index (χ3v) is 3.65. The maximum absolute atomic E-state index is 12.9. The second-order valence-electron chi connectivity index (χ2n) is 5.54. The van der Waals surface area contributed by atoms with Crippen molar-refractivity contribution in [3.05, 3.63) is 71.5 Å². The standard InChI is InChI=1S/C19H21FN2O4/c1-2-26-18(24)16(17(23)14-6-4-3-5-7-14)22-19(25)21-12-13-8-10-15(20)11-9-13/h3-11,16-17,23H,2,12H2,1H3,(H2,21,22,25). The maximum atomic E-state index is 12.9. The van der Waals surface area contributed by atoms with Gasteiger partial charge in [-0.25, -0.2) is 14.0 Å². The minimum absolute atomic E-state index is 0.121. The van der Waals surface area contributed by atoms with Crippen molar-refractivity contribution < 1.29 is 23.8 Å². The molecule has 0 aliphatic carbocycles. The minimum atomic E-state index is -1.26. The second-order valence-corrected chi connectivity index (χ2v) is 5.54. The molecule has 2 amide bonds. The summed E-state index contributed by atoms with van der Waals surface area (Å²) in [4.78, 5) is 24.3.